The first-order chi connectivity index (χ1) is 19.1. The summed E-state index contributed by atoms with van der Waals surface area (Å²) >= 11 is 0. The number of hydrogen-bond acceptors (Lipinski definition) is 10. The highest BCUT2D eigenvalue weighted by molar-refractivity contribution is 6.10. The lowest BCUT2D eigenvalue weighted by molar-refractivity contribution is -0.186. The Morgan fingerprint density at radius 1 is 1.05 bits per heavy atom. The molecule has 0 unspecified atom stereocenters. The van der Waals surface area contributed by atoms with E-state index in [0.29, 0.717) is 36.0 Å². The average molecular weight is 548 g/mol. The summed E-state index contributed by atoms with van der Waals surface area (Å²) in [4.78, 5) is 48.1. The number of carbonyl (C=O) groups excluding carboxylic acids is 3. The highest BCUT2D eigenvalue weighted by atomic mass is 16.5. The maximum Gasteiger partial charge on any atom is 0.330 e. The third-order valence-electron chi connectivity index (χ3n) is 6.75. The van der Waals surface area contributed by atoms with E-state index in [1.54, 1.807) is 42.6 Å². The summed E-state index contributed by atoms with van der Waals surface area (Å²) in [5.74, 6) is -4.43. The van der Waals surface area contributed by atoms with Crippen LogP contribution < -0.4 is 15.5 Å². The molecule has 4 N–H and O–H groups in total. The van der Waals surface area contributed by atoms with E-state index in [4.69, 9.17) is 4.74 Å². The number of hydrogen-bond donors (Lipinski definition) is 4. The lowest BCUT2D eigenvalue weighted by atomic mass is 10.1. The molecule has 0 atom stereocenters. The molecule has 40 heavy (non-hydrogen) atoms. The van der Waals surface area contributed by atoms with Gasteiger partial charge >= 0.3 is 17.6 Å². The molecule has 2 aliphatic rings. The van der Waals surface area contributed by atoms with E-state index in [1.165, 1.54) is 7.05 Å². The number of morpholine rings is 1. The fraction of sp³-hybridized carbons (Fsp3) is 0.296. The SMILES string of the molecule is Cc1ccc(NC(=O)c2ccc(CN3C(=O)C(O)(O)C(=O)N3C)cc2)cc1Nc1nccc(N2CCOCC2)n1. The number of ether oxygens (including phenoxy) is 1. The van der Waals surface area contributed by atoms with Crippen LogP contribution in [0.25, 0.3) is 0 Å². The van der Waals surface area contributed by atoms with Gasteiger partial charge in [0.25, 0.3) is 5.91 Å². The first-order valence-corrected chi connectivity index (χ1v) is 12.6. The van der Waals surface area contributed by atoms with Crippen molar-refractivity contribution in [3.63, 3.8) is 0 Å². The summed E-state index contributed by atoms with van der Waals surface area (Å²) in [5.41, 5.74) is 3.21. The lowest BCUT2D eigenvalue weighted by Crippen LogP contribution is -2.43. The molecular formula is C27H29N7O6. The Labute approximate surface area is 230 Å². The average Bonchev–Trinajstić information content (AvgIpc) is 3.10. The number of benzene rings is 2. The zero-order chi connectivity index (χ0) is 28.4. The number of rotatable bonds is 7. The van der Waals surface area contributed by atoms with Crippen LogP contribution in [0.3, 0.4) is 0 Å². The van der Waals surface area contributed by atoms with Crippen LogP contribution in [-0.4, -0.2) is 87.1 Å². The monoisotopic (exact) mass is 547 g/mol. The molecule has 3 heterocycles. The van der Waals surface area contributed by atoms with Crippen molar-refractivity contribution in [2.75, 3.05) is 48.9 Å². The minimum absolute atomic E-state index is 0.0758. The number of carbonyl (C=O) groups is 3. The Kier molecular flexibility index (Phi) is 7.34. The van der Waals surface area contributed by atoms with Crippen LogP contribution in [0.15, 0.2) is 54.7 Å². The molecule has 13 heteroatoms. The van der Waals surface area contributed by atoms with Crippen molar-refractivity contribution in [3.8, 4) is 0 Å². The molecule has 208 valence electrons. The van der Waals surface area contributed by atoms with E-state index in [-0.39, 0.29) is 12.5 Å². The number of nitrogens with zero attached hydrogens (tertiary/aromatic N) is 5. The molecule has 2 aromatic carbocycles. The molecule has 0 spiro atoms. The van der Waals surface area contributed by atoms with Gasteiger partial charge in [0.05, 0.1) is 19.8 Å². The van der Waals surface area contributed by atoms with Crippen molar-refractivity contribution < 1.29 is 29.3 Å². The Hall–Kier alpha value is -4.59. The topological polar surface area (TPSA) is 160 Å². The number of anilines is 4. The van der Waals surface area contributed by atoms with Gasteiger partial charge in [-0.1, -0.05) is 18.2 Å². The van der Waals surface area contributed by atoms with Gasteiger partial charge in [0.15, 0.2) is 0 Å². The molecular weight excluding hydrogens is 518 g/mol. The van der Waals surface area contributed by atoms with E-state index in [0.717, 1.165) is 40.2 Å². The summed E-state index contributed by atoms with van der Waals surface area (Å²) in [5, 5.41) is 27.3. The number of aromatic nitrogens is 2. The number of likely N-dealkylation sites (N-methyl/N-ethyl adjacent to an activating group) is 1. The van der Waals surface area contributed by atoms with Crippen molar-refractivity contribution in [1.29, 1.82) is 0 Å². The zero-order valence-corrected chi connectivity index (χ0v) is 22.0. The van der Waals surface area contributed by atoms with Gasteiger partial charge < -0.3 is 30.5 Å². The van der Waals surface area contributed by atoms with Crippen LogP contribution in [0.1, 0.15) is 21.5 Å². The van der Waals surface area contributed by atoms with E-state index in [2.05, 4.69) is 25.5 Å². The Bertz CT molecular complexity index is 1440. The van der Waals surface area contributed by atoms with Gasteiger partial charge in [0, 0.05) is 43.3 Å². The molecule has 5 rings (SSSR count). The first kappa shape index (κ1) is 27.0. The number of aliphatic hydroxyl groups is 2. The van der Waals surface area contributed by atoms with E-state index in [9.17, 15) is 24.6 Å². The van der Waals surface area contributed by atoms with Gasteiger partial charge in [-0.25, -0.2) is 15.0 Å². The molecule has 2 aliphatic heterocycles. The summed E-state index contributed by atoms with van der Waals surface area (Å²) in [7, 11) is 1.27. The van der Waals surface area contributed by atoms with Crippen molar-refractivity contribution in [3.05, 3.63) is 71.4 Å². The van der Waals surface area contributed by atoms with Gasteiger partial charge in [-0.2, -0.15) is 4.98 Å². The summed E-state index contributed by atoms with van der Waals surface area (Å²) in [6.07, 6.45) is 1.70. The Balaban J connectivity index is 1.24. The fourth-order valence-corrected chi connectivity index (χ4v) is 4.39. The predicted octanol–water partition coefficient (Wildman–Crippen LogP) is 1.01. The van der Waals surface area contributed by atoms with Crippen LogP contribution in [0.4, 0.5) is 23.1 Å². The van der Waals surface area contributed by atoms with Gasteiger partial charge in [-0.3, -0.25) is 14.4 Å². The van der Waals surface area contributed by atoms with Crippen molar-refractivity contribution >= 4 is 40.9 Å². The number of nitrogens with one attached hydrogen (secondary N) is 2. The Morgan fingerprint density at radius 2 is 1.77 bits per heavy atom. The van der Waals surface area contributed by atoms with E-state index < -0.39 is 17.6 Å². The first-order valence-electron chi connectivity index (χ1n) is 12.6. The van der Waals surface area contributed by atoms with Crippen molar-refractivity contribution in [1.82, 2.24) is 20.0 Å². The zero-order valence-electron chi connectivity index (χ0n) is 22.0. The number of aryl methyl sites for hydroxylation is 1. The quantitative estimate of drug-likeness (QED) is 0.248. The Morgan fingerprint density at radius 3 is 2.45 bits per heavy atom. The molecule has 0 radical (unpaired) electrons. The molecule has 0 saturated carbocycles. The predicted molar refractivity (Wildman–Crippen MR) is 144 cm³/mol. The molecule has 3 aromatic rings. The standard InChI is InChI=1S/C27H29N7O6/c1-17-3-8-20(15-21(17)30-26-28-10-9-22(31-26)33-11-13-40-14-12-33)29-23(35)19-6-4-18(5-7-19)16-34-25(37)27(38,39)24(36)32(34)2/h3-10,15,38-39H,11-14,16H2,1-2H3,(H,29,35)(H,28,30,31). The molecule has 0 aliphatic carbocycles. The van der Waals surface area contributed by atoms with Crippen LogP contribution in [0, 0.1) is 6.92 Å². The third kappa shape index (κ3) is 5.43. The van der Waals surface area contributed by atoms with Crippen molar-refractivity contribution in [2.24, 2.45) is 0 Å². The third-order valence-corrected chi connectivity index (χ3v) is 6.75. The summed E-state index contributed by atoms with van der Waals surface area (Å²) < 4.78 is 5.41. The van der Waals surface area contributed by atoms with E-state index >= 15 is 0 Å². The molecule has 0 bridgehead atoms. The smallest absolute Gasteiger partial charge is 0.330 e. The molecule has 3 amide bonds. The summed E-state index contributed by atoms with van der Waals surface area (Å²) in [6.45, 7) is 4.69. The second-order valence-electron chi connectivity index (χ2n) is 9.51. The van der Waals surface area contributed by atoms with Crippen LogP contribution in [0.5, 0.6) is 0 Å². The number of hydrazine groups is 1. The maximum atomic E-state index is 12.9. The minimum Gasteiger partial charge on any atom is -0.378 e. The summed E-state index contributed by atoms with van der Waals surface area (Å²) in [6, 6.07) is 13.7. The second kappa shape index (κ2) is 10.9. The maximum absolute atomic E-state index is 12.9. The highest BCUT2D eigenvalue weighted by Gasteiger charge is 2.55. The minimum atomic E-state index is -3.08. The van der Waals surface area contributed by atoms with Crippen LogP contribution in [0.2, 0.25) is 0 Å². The van der Waals surface area contributed by atoms with E-state index in [1.807, 2.05) is 19.1 Å². The largest absolute Gasteiger partial charge is 0.378 e. The highest BCUT2D eigenvalue weighted by Crippen LogP contribution is 2.25. The van der Waals surface area contributed by atoms with Crippen LogP contribution in [-0.2, 0) is 20.9 Å². The van der Waals surface area contributed by atoms with Gasteiger partial charge in [-0.05, 0) is 48.4 Å². The fourth-order valence-electron chi connectivity index (χ4n) is 4.39. The van der Waals surface area contributed by atoms with Gasteiger partial charge in [0.2, 0.25) is 5.95 Å². The molecule has 2 fully saturated rings. The molecule has 1 aromatic heterocycles. The van der Waals surface area contributed by atoms with Crippen molar-refractivity contribution in [2.45, 2.75) is 19.3 Å². The molecule has 2 saturated heterocycles. The number of amides is 3. The van der Waals surface area contributed by atoms with Gasteiger partial charge in [-0.15, -0.1) is 0 Å². The molecule has 13 nitrogen and oxygen atoms in total. The lowest BCUT2D eigenvalue weighted by Gasteiger charge is -2.27. The van der Waals surface area contributed by atoms with Crippen LogP contribution >= 0.6 is 0 Å². The second-order valence-corrected chi connectivity index (χ2v) is 9.51. The van der Waals surface area contributed by atoms with Gasteiger partial charge in [0.1, 0.15) is 5.82 Å². The normalized spacial score (nSPS) is 16.9.